The van der Waals surface area contributed by atoms with Gasteiger partial charge >= 0.3 is 5.97 Å². The van der Waals surface area contributed by atoms with Crippen LogP contribution in [0.2, 0.25) is 0 Å². The lowest BCUT2D eigenvalue weighted by Gasteiger charge is -2.42. The maximum atomic E-state index is 13.1. The van der Waals surface area contributed by atoms with E-state index in [1.165, 1.54) is 32.1 Å². The highest BCUT2D eigenvalue weighted by molar-refractivity contribution is 6.03. The molecule has 0 aromatic carbocycles. The topological polar surface area (TPSA) is 163 Å². The van der Waals surface area contributed by atoms with Gasteiger partial charge in [0.1, 0.15) is 11.7 Å². The van der Waals surface area contributed by atoms with Crippen LogP contribution in [0.3, 0.4) is 0 Å². The van der Waals surface area contributed by atoms with E-state index in [4.69, 9.17) is 9.47 Å². The van der Waals surface area contributed by atoms with Crippen LogP contribution in [0.4, 0.5) is 0 Å². The van der Waals surface area contributed by atoms with Gasteiger partial charge in [0.2, 0.25) is 11.5 Å². The number of ether oxygens (including phenoxy) is 2. The minimum absolute atomic E-state index is 0.0579. The minimum Gasteiger partial charge on any atom is -0.484 e. The lowest BCUT2D eigenvalue weighted by Crippen LogP contribution is -2.66. The molecule has 3 atom stereocenters. The molecule has 1 unspecified atom stereocenters. The third kappa shape index (κ3) is 7.88. The molecule has 0 bridgehead atoms. The summed E-state index contributed by atoms with van der Waals surface area (Å²) in [6.45, 7) is 3.50. The Morgan fingerprint density at radius 3 is 2.03 bits per heavy atom. The van der Waals surface area contributed by atoms with Gasteiger partial charge in [-0.3, -0.25) is 4.79 Å². The summed E-state index contributed by atoms with van der Waals surface area (Å²) in [7, 11) is 0. The van der Waals surface area contributed by atoms with E-state index in [0.717, 1.165) is 25.7 Å². The summed E-state index contributed by atoms with van der Waals surface area (Å²) in [5.41, 5.74) is -5.27. The first-order valence-electron chi connectivity index (χ1n) is 12.7. The maximum Gasteiger partial charge on any atom is 0.379 e. The highest BCUT2D eigenvalue weighted by atomic mass is 17.1. The van der Waals surface area contributed by atoms with Crippen molar-refractivity contribution in [2.24, 2.45) is 5.92 Å². The number of aliphatic hydroxyl groups excluding tert-OH is 3. The molecule has 0 radical (unpaired) electrons. The summed E-state index contributed by atoms with van der Waals surface area (Å²) >= 11 is 0. The molecule has 1 heterocycles. The monoisotopic (exact) mass is 504 g/mol. The van der Waals surface area contributed by atoms with Crippen LogP contribution in [0, 0.1) is 5.92 Å². The van der Waals surface area contributed by atoms with E-state index in [9.17, 15) is 35.3 Å². The predicted molar refractivity (Wildman–Crippen MR) is 127 cm³/mol. The fourth-order valence-electron chi connectivity index (χ4n) is 4.49. The molecule has 1 aliphatic heterocycles. The largest absolute Gasteiger partial charge is 0.484 e. The Labute approximate surface area is 207 Å². The number of ketones is 1. The highest BCUT2D eigenvalue weighted by Gasteiger charge is 2.69. The van der Waals surface area contributed by atoms with Crippen LogP contribution < -0.4 is 0 Å². The maximum absolute atomic E-state index is 13.1. The van der Waals surface area contributed by atoms with Crippen molar-refractivity contribution in [1.82, 2.24) is 0 Å². The summed E-state index contributed by atoms with van der Waals surface area (Å²) in [5, 5.41) is 50.1. The highest BCUT2D eigenvalue weighted by Crippen LogP contribution is 2.46. The molecule has 1 aliphatic rings. The SMILES string of the molecule is CCCCCCCCCCCCOC1=C(OO)[C@@](C(=O)C(O)CO)([C@@](O)(CO)CC(C)C)OC1=O. The summed E-state index contributed by atoms with van der Waals surface area (Å²) < 4.78 is 10.7. The van der Waals surface area contributed by atoms with Crippen molar-refractivity contribution in [3.63, 3.8) is 0 Å². The van der Waals surface area contributed by atoms with Crippen molar-refractivity contribution < 1.29 is 49.6 Å². The molecule has 35 heavy (non-hydrogen) atoms. The third-order valence-electron chi connectivity index (χ3n) is 6.28. The van der Waals surface area contributed by atoms with E-state index >= 15 is 0 Å². The smallest absolute Gasteiger partial charge is 0.379 e. The number of carbonyl (C=O) groups excluding carboxylic acids is 2. The molecule has 0 aliphatic carbocycles. The third-order valence-corrected chi connectivity index (χ3v) is 6.28. The first kappa shape index (κ1) is 31.3. The zero-order valence-corrected chi connectivity index (χ0v) is 21.3. The average Bonchev–Trinajstić information content (AvgIpc) is 3.13. The van der Waals surface area contributed by atoms with E-state index < -0.39 is 53.8 Å². The molecule has 204 valence electrons. The van der Waals surface area contributed by atoms with Gasteiger partial charge in [-0.2, -0.15) is 0 Å². The zero-order chi connectivity index (χ0) is 26.5. The van der Waals surface area contributed by atoms with Gasteiger partial charge in [-0.25, -0.2) is 10.1 Å². The summed E-state index contributed by atoms with van der Waals surface area (Å²) in [6.07, 6.45) is 8.56. The molecule has 0 aromatic heterocycles. The number of esters is 1. The van der Waals surface area contributed by atoms with Gasteiger partial charge in [-0.1, -0.05) is 78.6 Å². The second kappa shape index (κ2) is 15.4. The number of cyclic esters (lactones) is 1. The second-order valence-corrected chi connectivity index (χ2v) is 9.70. The minimum atomic E-state index is -2.80. The second-order valence-electron chi connectivity index (χ2n) is 9.70. The Hall–Kier alpha value is -1.72. The van der Waals surface area contributed by atoms with Gasteiger partial charge in [0.05, 0.1) is 19.8 Å². The number of unbranched alkanes of at least 4 members (excludes halogenated alkanes) is 9. The van der Waals surface area contributed by atoms with Gasteiger partial charge in [0.25, 0.3) is 11.4 Å². The van der Waals surface area contributed by atoms with Crippen LogP contribution in [-0.2, 0) is 24.0 Å². The van der Waals surface area contributed by atoms with Crippen LogP contribution in [0.25, 0.3) is 0 Å². The van der Waals surface area contributed by atoms with E-state index in [2.05, 4.69) is 11.8 Å². The Morgan fingerprint density at radius 2 is 1.57 bits per heavy atom. The van der Waals surface area contributed by atoms with Gasteiger partial charge in [0.15, 0.2) is 0 Å². The number of aliphatic hydroxyl groups is 4. The number of hydrogen-bond donors (Lipinski definition) is 5. The van der Waals surface area contributed by atoms with E-state index in [1.807, 2.05) is 0 Å². The molecular formula is C25H44O10. The van der Waals surface area contributed by atoms with Crippen LogP contribution >= 0.6 is 0 Å². The van der Waals surface area contributed by atoms with Gasteiger partial charge < -0.3 is 34.8 Å². The molecule has 10 nitrogen and oxygen atoms in total. The summed E-state index contributed by atoms with van der Waals surface area (Å²) in [4.78, 5) is 30.0. The Morgan fingerprint density at radius 1 is 1.03 bits per heavy atom. The molecule has 5 N–H and O–H groups in total. The number of carbonyl (C=O) groups is 2. The van der Waals surface area contributed by atoms with Crippen LogP contribution in [-0.4, -0.2) is 74.6 Å². The summed E-state index contributed by atoms with van der Waals surface area (Å²) in [6, 6.07) is 0. The molecule has 0 aromatic rings. The van der Waals surface area contributed by atoms with E-state index in [-0.39, 0.29) is 18.9 Å². The Balaban J connectivity index is 2.92. The Kier molecular flexibility index (Phi) is 13.8. The lowest BCUT2D eigenvalue weighted by molar-refractivity contribution is -0.255. The predicted octanol–water partition coefficient (Wildman–Crippen LogP) is 2.61. The van der Waals surface area contributed by atoms with E-state index in [1.54, 1.807) is 13.8 Å². The van der Waals surface area contributed by atoms with Crippen molar-refractivity contribution >= 4 is 11.8 Å². The Bertz CT molecular complexity index is 692. The normalized spacial score (nSPS) is 20.7. The fourth-order valence-corrected chi connectivity index (χ4v) is 4.49. The van der Waals surface area contributed by atoms with Crippen LogP contribution in [0.1, 0.15) is 91.4 Å². The number of hydrogen-bond acceptors (Lipinski definition) is 10. The van der Waals surface area contributed by atoms with Crippen molar-refractivity contribution in [2.45, 2.75) is 109 Å². The molecule has 0 amide bonds. The van der Waals surface area contributed by atoms with Crippen molar-refractivity contribution in [3.05, 3.63) is 11.5 Å². The quantitative estimate of drug-likeness (QED) is 0.0720. The molecule has 0 fully saturated rings. The standard InChI is InChI=1S/C25H44O10/c1-4-5-6-7-8-9-10-11-12-13-14-33-20-22(35-32)25(34-23(20)30,21(29)19(28)16-26)24(31,17-27)15-18(2)3/h18-19,26-28,31-32H,4-17H2,1-3H3/t19?,24-,25-/m0/s1. The summed E-state index contributed by atoms with van der Waals surface area (Å²) in [5.74, 6) is -4.34. The first-order valence-corrected chi connectivity index (χ1v) is 12.7. The first-order chi connectivity index (χ1) is 16.6. The van der Waals surface area contributed by atoms with Crippen molar-refractivity contribution in [3.8, 4) is 0 Å². The average molecular weight is 505 g/mol. The number of rotatable bonds is 20. The van der Waals surface area contributed by atoms with E-state index in [0.29, 0.717) is 6.42 Å². The molecule has 0 saturated carbocycles. The fraction of sp³-hybridized carbons (Fsp3) is 0.840. The number of Topliss-reactive ketones (excluding diaryl/α,β-unsaturated/α-hetero) is 1. The van der Waals surface area contributed by atoms with Gasteiger partial charge in [-0.15, -0.1) is 0 Å². The lowest BCUT2D eigenvalue weighted by atomic mass is 9.72. The van der Waals surface area contributed by atoms with Gasteiger partial charge in [0, 0.05) is 0 Å². The molecule has 1 rings (SSSR count). The van der Waals surface area contributed by atoms with Crippen LogP contribution in [0.5, 0.6) is 0 Å². The molecule has 0 spiro atoms. The molecule has 0 saturated heterocycles. The zero-order valence-electron chi connectivity index (χ0n) is 21.3. The van der Waals surface area contributed by atoms with Crippen molar-refractivity contribution in [2.75, 3.05) is 19.8 Å². The van der Waals surface area contributed by atoms with Crippen LogP contribution in [0.15, 0.2) is 11.5 Å². The molecular weight excluding hydrogens is 460 g/mol. The molecule has 10 heteroatoms. The van der Waals surface area contributed by atoms with Gasteiger partial charge in [-0.05, 0) is 18.8 Å². The van der Waals surface area contributed by atoms with Crippen molar-refractivity contribution in [1.29, 1.82) is 0 Å².